The third-order valence-electron chi connectivity index (χ3n) is 2.36. The Balaban J connectivity index is 2.57. The Morgan fingerprint density at radius 2 is 2.24 bits per heavy atom. The largest absolute Gasteiger partial charge is 0.465 e. The van der Waals surface area contributed by atoms with Crippen LogP contribution in [-0.4, -0.2) is 30.1 Å². The molecule has 0 amide bonds. The number of carbonyl (C=O) groups is 1. The molecule has 1 heterocycles. The molecule has 3 nitrogen and oxygen atoms in total. The summed E-state index contributed by atoms with van der Waals surface area (Å²) in [5.41, 5.74) is 0. The molecular weight excluding hydrogens is 258 g/mol. The van der Waals surface area contributed by atoms with E-state index in [-0.39, 0.29) is 5.97 Å². The number of carbonyl (C=O) groups excluding carboxylic acids is 1. The lowest BCUT2D eigenvalue weighted by Crippen LogP contribution is -2.35. The lowest BCUT2D eigenvalue weighted by atomic mass is 10.3. The number of hydrogen-bond donors (Lipinski definition) is 0. The molecule has 1 aromatic rings. The molecule has 0 aromatic carbocycles. The van der Waals surface area contributed by atoms with E-state index in [0.717, 1.165) is 15.8 Å². The van der Waals surface area contributed by atoms with Crippen LogP contribution < -0.4 is 0 Å². The number of hydrogen-bond acceptors (Lipinski definition) is 4. The van der Waals surface area contributed by atoms with Gasteiger partial charge in [0.05, 0.1) is 17.5 Å². The number of rotatable bonds is 6. The van der Waals surface area contributed by atoms with E-state index in [9.17, 15) is 4.79 Å². The maximum Gasteiger partial charge on any atom is 0.320 e. The molecule has 5 heteroatoms. The first-order valence-electron chi connectivity index (χ1n) is 5.66. The zero-order valence-electron chi connectivity index (χ0n) is 10.4. The van der Waals surface area contributed by atoms with Crippen molar-refractivity contribution in [2.75, 3.05) is 13.2 Å². The van der Waals surface area contributed by atoms with E-state index in [1.807, 2.05) is 19.1 Å². The summed E-state index contributed by atoms with van der Waals surface area (Å²) in [5, 5.41) is 0. The molecule has 0 atom stereocenters. The predicted molar refractivity (Wildman–Crippen MR) is 71.5 cm³/mol. The SMILES string of the molecule is CCOC(=O)CN(Cc1ccc(Cl)s1)C(C)C. The van der Waals surface area contributed by atoms with Crippen molar-refractivity contribution in [1.82, 2.24) is 4.90 Å². The van der Waals surface area contributed by atoms with Crippen molar-refractivity contribution in [1.29, 1.82) is 0 Å². The summed E-state index contributed by atoms with van der Waals surface area (Å²) in [6.45, 7) is 7.42. The van der Waals surface area contributed by atoms with Crippen LogP contribution in [0, 0.1) is 0 Å². The Kier molecular flexibility index (Phi) is 5.95. The molecule has 0 unspecified atom stereocenters. The summed E-state index contributed by atoms with van der Waals surface area (Å²) < 4.78 is 5.74. The second-order valence-electron chi connectivity index (χ2n) is 4.01. The van der Waals surface area contributed by atoms with E-state index in [1.54, 1.807) is 11.3 Å². The quantitative estimate of drug-likeness (QED) is 0.747. The van der Waals surface area contributed by atoms with Crippen LogP contribution in [0.5, 0.6) is 0 Å². The van der Waals surface area contributed by atoms with Gasteiger partial charge in [0.1, 0.15) is 0 Å². The maximum atomic E-state index is 11.5. The van der Waals surface area contributed by atoms with Gasteiger partial charge in [0.25, 0.3) is 0 Å². The lowest BCUT2D eigenvalue weighted by Gasteiger charge is -2.24. The first kappa shape index (κ1) is 14.5. The minimum Gasteiger partial charge on any atom is -0.465 e. The average Bonchev–Trinajstić information content (AvgIpc) is 2.63. The molecule has 96 valence electrons. The van der Waals surface area contributed by atoms with Gasteiger partial charge in [-0.2, -0.15) is 0 Å². The minimum absolute atomic E-state index is 0.177. The van der Waals surface area contributed by atoms with Crippen LogP contribution in [0.15, 0.2) is 12.1 Å². The van der Waals surface area contributed by atoms with Crippen LogP contribution in [-0.2, 0) is 16.1 Å². The van der Waals surface area contributed by atoms with Crippen LogP contribution in [0.25, 0.3) is 0 Å². The number of nitrogens with zero attached hydrogens (tertiary/aromatic N) is 1. The number of esters is 1. The Bertz CT molecular complexity index is 365. The summed E-state index contributed by atoms with van der Waals surface area (Å²) in [6.07, 6.45) is 0. The van der Waals surface area contributed by atoms with Crippen LogP contribution >= 0.6 is 22.9 Å². The Labute approximate surface area is 111 Å². The molecular formula is C12H18ClNO2S. The second kappa shape index (κ2) is 6.99. The zero-order chi connectivity index (χ0) is 12.8. The standard InChI is InChI=1S/C12H18ClNO2S/c1-4-16-12(15)8-14(9(2)3)7-10-5-6-11(13)17-10/h5-6,9H,4,7-8H2,1-3H3. The Hall–Kier alpha value is -0.580. The normalized spacial score (nSPS) is 11.2. The fourth-order valence-electron chi connectivity index (χ4n) is 1.43. The molecule has 0 aliphatic heterocycles. The molecule has 0 saturated heterocycles. The fraction of sp³-hybridized carbons (Fsp3) is 0.583. The highest BCUT2D eigenvalue weighted by molar-refractivity contribution is 7.16. The van der Waals surface area contributed by atoms with Gasteiger partial charge < -0.3 is 4.74 Å². The molecule has 17 heavy (non-hydrogen) atoms. The molecule has 0 aliphatic rings. The molecule has 0 N–H and O–H groups in total. The minimum atomic E-state index is -0.177. The maximum absolute atomic E-state index is 11.5. The second-order valence-corrected chi connectivity index (χ2v) is 5.81. The smallest absolute Gasteiger partial charge is 0.320 e. The van der Waals surface area contributed by atoms with Crippen LogP contribution in [0.3, 0.4) is 0 Å². The van der Waals surface area contributed by atoms with E-state index in [2.05, 4.69) is 18.7 Å². The van der Waals surface area contributed by atoms with E-state index in [1.165, 1.54) is 0 Å². The summed E-state index contributed by atoms with van der Waals surface area (Å²) in [4.78, 5) is 14.7. The Morgan fingerprint density at radius 1 is 1.53 bits per heavy atom. The van der Waals surface area contributed by atoms with Crippen molar-refractivity contribution >= 4 is 28.9 Å². The van der Waals surface area contributed by atoms with E-state index < -0.39 is 0 Å². The number of ether oxygens (including phenoxy) is 1. The molecule has 1 aromatic heterocycles. The summed E-state index contributed by atoms with van der Waals surface area (Å²) in [7, 11) is 0. The van der Waals surface area contributed by atoms with Crippen molar-refractivity contribution in [3.63, 3.8) is 0 Å². The summed E-state index contributed by atoms with van der Waals surface area (Å²) in [6, 6.07) is 4.16. The monoisotopic (exact) mass is 275 g/mol. The third kappa shape index (κ3) is 5.06. The highest BCUT2D eigenvalue weighted by Crippen LogP contribution is 2.23. The fourth-order valence-corrected chi connectivity index (χ4v) is 2.54. The average molecular weight is 276 g/mol. The highest BCUT2D eigenvalue weighted by atomic mass is 35.5. The van der Waals surface area contributed by atoms with Gasteiger partial charge in [0, 0.05) is 17.5 Å². The van der Waals surface area contributed by atoms with Crippen molar-refractivity contribution in [2.45, 2.75) is 33.4 Å². The molecule has 0 spiro atoms. The van der Waals surface area contributed by atoms with E-state index in [0.29, 0.717) is 19.2 Å². The molecule has 0 aliphatic carbocycles. The van der Waals surface area contributed by atoms with Crippen molar-refractivity contribution in [2.24, 2.45) is 0 Å². The lowest BCUT2D eigenvalue weighted by molar-refractivity contribution is -0.145. The molecule has 0 fully saturated rings. The van der Waals surface area contributed by atoms with E-state index >= 15 is 0 Å². The van der Waals surface area contributed by atoms with Gasteiger partial charge >= 0.3 is 5.97 Å². The van der Waals surface area contributed by atoms with Gasteiger partial charge in [-0.3, -0.25) is 9.69 Å². The van der Waals surface area contributed by atoms with Crippen LogP contribution in [0.2, 0.25) is 4.34 Å². The van der Waals surface area contributed by atoms with Gasteiger partial charge in [0.2, 0.25) is 0 Å². The van der Waals surface area contributed by atoms with Gasteiger partial charge in [0.15, 0.2) is 0 Å². The van der Waals surface area contributed by atoms with Crippen molar-refractivity contribution in [3.05, 3.63) is 21.3 Å². The molecule has 0 bridgehead atoms. The topological polar surface area (TPSA) is 29.5 Å². The first-order valence-corrected chi connectivity index (χ1v) is 6.86. The zero-order valence-corrected chi connectivity index (χ0v) is 12.0. The highest BCUT2D eigenvalue weighted by Gasteiger charge is 2.15. The van der Waals surface area contributed by atoms with Crippen LogP contribution in [0.1, 0.15) is 25.6 Å². The molecule has 0 radical (unpaired) electrons. The van der Waals surface area contributed by atoms with Crippen molar-refractivity contribution < 1.29 is 9.53 Å². The summed E-state index contributed by atoms with van der Waals surface area (Å²) in [5.74, 6) is -0.177. The first-order chi connectivity index (χ1) is 8.02. The van der Waals surface area contributed by atoms with Gasteiger partial charge in [-0.05, 0) is 32.9 Å². The number of thiophene rings is 1. The van der Waals surface area contributed by atoms with Gasteiger partial charge in [-0.1, -0.05) is 11.6 Å². The van der Waals surface area contributed by atoms with E-state index in [4.69, 9.17) is 16.3 Å². The van der Waals surface area contributed by atoms with Gasteiger partial charge in [-0.25, -0.2) is 0 Å². The predicted octanol–water partition coefficient (Wildman–Crippen LogP) is 3.18. The summed E-state index contributed by atoms with van der Waals surface area (Å²) >= 11 is 7.43. The van der Waals surface area contributed by atoms with Crippen molar-refractivity contribution in [3.8, 4) is 0 Å². The molecule has 0 saturated carbocycles. The number of halogens is 1. The third-order valence-corrected chi connectivity index (χ3v) is 3.57. The van der Waals surface area contributed by atoms with Gasteiger partial charge in [-0.15, -0.1) is 11.3 Å². The van der Waals surface area contributed by atoms with Crippen LogP contribution in [0.4, 0.5) is 0 Å². The molecule has 1 rings (SSSR count). The Morgan fingerprint density at radius 3 is 2.71 bits per heavy atom.